The second kappa shape index (κ2) is 4.02. The first-order valence-corrected chi connectivity index (χ1v) is 5.73. The van der Waals surface area contributed by atoms with E-state index in [0.717, 1.165) is 9.71 Å². The third-order valence-electron chi connectivity index (χ3n) is 1.78. The highest BCUT2D eigenvalue weighted by molar-refractivity contribution is 7.95. The summed E-state index contributed by atoms with van der Waals surface area (Å²) >= 11 is 5.84. The Morgan fingerprint density at radius 3 is 2.50 bits per heavy atom. The van der Waals surface area contributed by atoms with Crippen molar-refractivity contribution in [3.8, 4) is 0 Å². The maximum atomic E-state index is 11.4. The Morgan fingerprint density at radius 2 is 2.00 bits per heavy atom. The minimum atomic E-state index is -3.46. The molecule has 1 aromatic rings. The van der Waals surface area contributed by atoms with Gasteiger partial charge < -0.3 is 0 Å². The number of benzene rings is 1. The molecule has 0 aromatic heterocycles. The predicted octanol–water partition coefficient (Wildman–Crippen LogP) is 2.25. The van der Waals surface area contributed by atoms with Gasteiger partial charge >= 0.3 is 0 Å². The first-order valence-electron chi connectivity index (χ1n) is 3.85. The van der Waals surface area contributed by atoms with Crippen LogP contribution < -0.4 is 4.31 Å². The average Bonchev–Trinajstić information content (AvgIpc) is 2.17. The Hall–Kier alpha value is -1.00. The van der Waals surface area contributed by atoms with Crippen molar-refractivity contribution in [1.29, 1.82) is 0 Å². The SMILES string of the molecule is C=CS(=O)(=O)N(C)c1ccccc1Cl. The van der Waals surface area contributed by atoms with E-state index in [1.807, 2.05) is 0 Å². The Balaban J connectivity index is 3.20. The Labute approximate surface area is 88.7 Å². The molecule has 3 nitrogen and oxygen atoms in total. The molecule has 76 valence electrons. The van der Waals surface area contributed by atoms with Gasteiger partial charge in [0.2, 0.25) is 0 Å². The monoisotopic (exact) mass is 231 g/mol. The minimum absolute atomic E-state index is 0.389. The number of halogens is 1. The molecule has 0 heterocycles. The maximum absolute atomic E-state index is 11.4. The van der Waals surface area contributed by atoms with Gasteiger partial charge in [0, 0.05) is 12.5 Å². The Kier molecular flexibility index (Phi) is 3.18. The van der Waals surface area contributed by atoms with E-state index in [9.17, 15) is 8.42 Å². The third kappa shape index (κ3) is 2.08. The molecule has 1 rings (SSSR count). The van der Waals surface area contributed by atoms with Crippen LogP contribution in [0, 0.1) is 0 Å². The molecule has 0 atom stereocenters. The van der Waals surface area contributed by atoms with Crippen molar-refractivity contribution in [2.45, 2.75) is 0 Å². The number of hydrogen-bond acceptors (Lipinski definition) is 2. The molecule has 14 heavy (non-hydrogen) atoms. The summed E-state index contributed by atoms with van der Waals surface area (Å²) in [6.07, 6.45) is 0. The molecule has 0 bridgehead atoms. The summed E-state index contributed by atoms with van der Waals surface area (Å²) in [6.45, 7) is 3.24. The van der Waals surface area contributed by atoms with E-state index in [1.165, 1.54) is 7.05 Å². The van der Waals surface area contributed by atoms with Crippen molar-refractivity contribution in [1.82, 2.24) is 0 Å². The lowest BCUT2D eigenvalue weighted by Gasteiger charge is -2.17. The third-order valence-corrected chi connectivity index (χ3v) is 3.49. The van der Waals surface area contributed by atoms with Gasteiger partial charge in [0.25, 0.3) is 10.0 Å². The van der Waals surface area contributed by atoms with Crippen LogP contribution in [0.15, 0.2) is 36.3 Å². The summed E-state index contributed by atoms with van der Waals surface area (Å²) in [4.78, 5) is 0. The molecule has 0 N–H and O–H groups in total. The molecular weight excluding hydrogens is 222 g/mol. The van der Waals surface area contributed by atoms with Crippen LogP contribution >= 0.6 is 11.6 Å². The highest BCUT2D eigenvalue weighted by atomic mass is 35.5. The summed E-state index contributed by atoms with van der Waals surface area (Å²) in [6, 6.07) is 6.71. The molecule has 0 unspecified atom stereocenters. The normalized spacial score (nSPS) is 11.0. The van der Waals surface area contributed by atoms with Crippen LogP contribution in [0.4, 0.5) is 5.69 Å². The molecule has 0 aliphatic heterocycles. The van der Waals surface area contributed by atoms with Gasteiger partial charge in [0.05, 0.1) is 10.7 Å². The first kappa shape index (κ1) is 11.1. The maximum Gasteiger partial charge on any atom is 0.256 e. The number of anilines is 1. The minimum Gasteiger partial charge on any atom is -0.268 e. The Bertz CT molecular complexity index is 442. The smallest absolute Gasteiger partial charge is 0.256 e. The Morgan fingerprint density at radius 1 is 1.43 bits per heavy atom. The van der Waals surface area contributed by atoms with Gasteiger partial charge in [0.1, 0.15) is 0 Å². The van der Waals surface area contributed by atoms with Crippen molar-refractivity contribution in [2.75, 3.05) is 11.4 Å². The zero-order valence-corrected chi connectivity index (χ0v) is 9.22. The zero-order chi connectivity index (χ0) is 10.8. The van der Waals surface area contributed by atoms with Crippen molar-refractivity contribution in [3.05, 3.63) is 41.3 Å². The number of nitrogens with zero attached hydrogens (tertiary/aromatic N) is 1. The van der Waals surface area contributed by atoms with Crippen LogP contribution in [0.3, 0.4) is 0 Å². The average molecular weight is 232 g/mol. The van der Waals surface area contributed by atoms with Crippen LogP contribution in [-0.2, 0) is 10.0 Å². The van der Waals surface area contributed by atoms with Crippen LogP contribution in [0.5, 0.6) is 0 Å². The zero-order valence-electron chi connectivity index (χ0n) is 7.64. The summed E-state index contributed by atoms with van der Waals surface area (Å²) in [5, 5.41) is 1.27. The van der Waals surface area contributed by atoms with E-state index >= 15 is 0 Å². The molecular formula is C9H10ClNO2S. The quantitative estimate of drug-likeness (QED) is 0.800. The molecule has 0 fully saturated rings. The summed E-state index contributed by atoms with van der Waals surface area (Å²) in [5.74, 6) is 0. The highest BCUT2D eigenvalue weighted by Gasteiger charge is 2.15. The van der Waals surface area contributed by atoms with E-state index in [-0.39, 0.29) is 0 Å². The second-order valence-corrected chi connectivity index (χ2v) is 4.95. The molecule has 0 saturated carbocycles. The van der Waals surface area contributed by atoms with E-state index in [1.54, 1.807) is 24.3 Å². The fourth-order valence-corrected chi connectivity index (χ4v) is 1.93. The van der Waals surface area contributed by atoms with Gasteiger partial charge in [-0.15, -0.1) is 0 Å². The predicted molar refractivity (Wildman–Crippen MR) is 59.0 cm³/mol. The lowest BCUT2D eigenvalue weighted by atomic mass is 10.3. The summed E-state index contributed by atoms with van der Waals surface area (Å²) < 4.78 is 23.9. The van der Waals surface area contributed by atoms with E-state index < -0.39 is 10.0 Å². The summed E-state index contributed by atoms with van der Waals surface area (Å²) in [7, 11) is -2.03. The van der Waals surface area contributed by atoms with Gasteiger partial charge in [-0.2, -0.15) is 0 Å². The molecule has 0 aliphatic rings. The second-order valence-electron chi connectivity index (χ2n) is 2.63. The van der Waals surface area contributed by atoms with Crippen molar-refractivity contribution in [3.63, 3.8) is 0 Å². The number of sulfonamides is 1. The topological polar surface area (TPSA) is 37.4 Å². The molecule has 5 heteroatoms. The number of rotatable bonds is 3. The fraction of sp³-hybridized carbons (Fsp3) is 0.111. The largest absolute Gasteiger partial charge is 0.268 e. The van der Waals surface area contributed by atoms with Crippen molar-refractivity contribution in [2.24, 2.45) is 0 Å². The summed E-state index contributed by atoms with van der Waals surface area (Å²) in [5.41, 5.74) is 0.439. The van der Waals surface area contributed by atoms with Crippen LogP contribution in [0.2, 0.25) is 5.02 Å². The van der Waals surface area contributed by atoms with Crippen LogP contribution in [0.25, 0.3) is 0 Å². The molecule has 0 saturated heterocycles. The molecule has 0 spiro atoms. The number of hydrogen-bond donors (Lipinski definition) is 0. The lowest BCUT2D eigenvalue weighted by Crippen LogP contribution is -2.24. The lowest BCUT2D eigenvalue weighted by molar-refractivity contribution is 0.603. The van der Waals surface area contributed by atoms with Crippen molar-refractivity contribution < 1.29 is 8.42 Å². The molecule has 0 radical (unpaired) electrons. The fourth-order valence-electron chi connectivity index (χ4n) is 0.956. The van der Waals surface area contributed by atoms with E-state index in [0.29, 0.717) is 10.7 Å². The first-order chi connectivity index (χ1) is 6.49. The van der Waals surface area contributed by atoms with Gasteiger partial charge in [-0.05, 0) is 12.1 Å². The van der Waals surface area contributed by atoms with Crippen LogP contribution in [-0.4, -0.2) is 15.5 Å². The molecule has 1 aromatic carbocycles. The van der Waals surface area contributed by atoms with Gasteiger partial charge in [-0.25, -0.2) is 8.42 Å². The van der Waals surface area contributed by atoms with Crippen LogP contribution in [0.1, 0.15) is 0 Å². The molecule has 0 amide bonds. The number of para-hydroxylation sites is 1. The van der Waals surface area contributed by atoms with Gasteiger partial charge in [-0.3, -0.25) is 4.31 Å². The van der Waals surface area contributed by atoms with E-state index in [2.05, 4.69) is 6.58 Å². The molecule has 0 aliphatic carbocycles. The van der Waals surface area contributed by atoms with Gasteiger partial charge in [-0.1, -0.05) is 30.3 Å². The highest BCUT2D eigenvalue weighted by Crippen LogP contribution is 2.26. The van der Waals surface area contributed by atoms with Gasteiger partial charge in [0.15, 0.2) is 0 Å². The van der Waals surface area contributed by atoms with Crippen molar-refractivity contribution >= 4 is 27.3 Å². The van der Waals surface area contributed by atoms with E-state index in [4.69, 9.17) is 11.6 Å². The standard InChI is InChI=1S/C9H10ClNO2S/c1-3-14(12,13)11(2)9-7-5-4-6-8(9)10/h3-7H,1H2,2H3.